The lowest BCUT2D eigenvalue weighted by atomic mass is 9.33. The van der Waals surface area contributed by atoms with Crippen LogP contribution >= 0.6 is 0 Å². The molecular weight excluding hydrogens is 615 g/mol. The normalized spacial score (nSPS) is 21.5. The van der Waals surface area contributed by atoms with Gasteiger partial charge in [0, 0.05) is 38.9 Å². The molecule has 3 heteroatoms. The summed E-state index contributed by atoms with van der Waals surface area (Å²) < 4.78 is 2.67. The van der Waals surface area contributed by atoms with E-state index >= 15 is 0 Å². The topological polar surface area (TPSA) is 8.17 Å². The SMILES string of the molecule is CC(C)(C)c1cc2c3c(c1)C1(C)CCCCC1(C)N3c1cccc3c1B2c1cc(C(C)(C)C)cc2c(-c4ccccc4)c(-c4ccccc4)n-3c12. The smallest absolute Gasteiger partial charge is 0.252 e. The minimum absolute atomic E-state index is 0.00986. The molecule has 0 radical (unpaired) electrons. The van der Waals surface area contributed by atoms with Crippen molar-refractivity contribution in [1.29, 1.82) is 0 Å². The van der Waals surface area contributed by atoms with E-state index in [1.807, 2.05) is 0 Å². The van der Waals surface area contributed by atoms with Crippen molar-refractivity contribution < 1.29 is 0 Å². The number of aromatic nitrogens is 1. The first kappa shape index (κ1) is 31.3. The molecule has 1 aliphatic carbocycles. The summed E-state index contributed by atoms with van der Waals surface area (Å²) in [6.45, 7) is 19.7. The van der Waals surface area contributed by atoms with Crippen molar-refractivity contribution in [2.45, 2.75) is 103 Å². The molecule has 0 bridgehead atoms. The first-order chi connectivity index (χ1) is 24.3. The standard InChI is InChI=1S/C48H49BN2/c1-45(2,3)32-26-34-40(30-18-11-9-12-19-30)42(31-20-13-10-14-21-31)50-38-22-17-23-39-41(38)49(36(28-32)43(34)50)37-29-33(46(4,5)6)27-35-44(37)51(39)48(8)25-16-15-24-47(35,48)7/h9-14,17-23,26-29H,15-16,24-25H2,1-8H3. The van der Waals surface area contributed by atoms with Gasteiger partial charge in [-0.1, -0.05) is 146 Å². The Morgan fingerprint density at radius 2 is 1.24 bits per heavy atom. The minimum atomic E-state index is -0.0146. The first-order valence-electron chi connectivity index (χ1n) is 19.3. The summed E-state index contributed by atoms with van der Waals surface area (Å²) in [5.74, 6) is 0. The molecule has 2 atom stereocenters. The molecule has 4 aliphatic rings. The predicted octanol–water partition coefficient (Wildman–Crippen LogP) is 10.4. The van der Waals surface area contributed by atoms with E-state index in [-0.39, 0.29) is 28.5 Å². The number of rotatable bonds is 2. The van der Waals surface area contributed by atoms with Crippen LogP contribution in [0.15, 0.2) is 103 Å². The van der Waals surface area contributed by atoms with Gasteiger partial charge in [-0.2, -0.15) is 0 Å². The zero-order valence-electron chi connectivity index (χ0n) is 31.6. The van der Waals surface area contributed by atoms with Crippen molar-refractivity contribution >= 4 is 45.4 Å². The van der Waals surface area contributed by atoms with Crippen LogP contribution in [-0.4, -0.2) is 16.8 Å². The van der Waals surface area contributed by atoms with Crippen molar-refractivity contribution in [3.05, 3.63) is 120 Å². The van der Waals surface area contributed by atoms with Crippen LogP contribution in [0.4, 0.5) is 11.4 Å². The highest BCUT2D eigenvalue weighted by atomic mass is 15.3. The zero-order chi connectivity index (χ0) is 35.2. The Labute approximate surface area is 304 Å². The van der Waals surface area contributed by atoms with Gasteiger partial charge in [-0.3, -0.25) is 0 Å². The molecule has 0 N–H and O–H groups in total. The highest BCUT2D eigenvalue weighted by molar-refractivity contribution is 7.00. The third kappa shape index (κ3) is 3.96. The molecule has 2 nitrogen and oxygen atoms in total. The number of benzene rings is 5. The zero-order valence-corrected chi connectivity index (χ0v) is 31.6. The second kappa shape index (κ2) is 10.1. The van der Waals surface area contributed by atoms with Gasteiger partial charge < -0.3 is 9.47 Å². The van der Waals surface area contributed by atoms with Crippen LogP contribution in [0.3, 0.4) is 0 Å². The summed E-state index contributed by atoms with van der Waals surface area (Å²) >= 11 is 0. The van der Waals surface area contributed by atoms with Gasteiger partial charge in [0.25, 0.3) is 6.71 Å². The van der Waals surface area contributed by atoms with Crippen molar-refractivity contribution in [2.24, 2.45) is 0 Å². The second-order valence-electron chi connectivity index (χ2n) is 18.5. The molecule has 3 aliphatic heterocycles. The van der Waals surface area contributed by atoms with E-state index < -0.39 is 0 Å². The van der Waals surface area contributed by atoms with Crippen LogP contribution in [0.2, 0.25) is 0 Å². The molecule has 1 aromatic heterocycles. The van der Waals surface area contributed by atoms with E-state index in [0.717, 1.165) is 0 Å². The molecule has 2 unspecified atom stereocenters. The molecule has 254 valence electrons. The summed E-state index contributed by atoms with van der Waals surface area (Å²) in [5, 5.41) is 1.36. The van der Waals surface area contributed by atoms with Gasteiger partial charge >= 0.3 is 0 Å². The Morgan fingerprint density at radius 1 is 0.627 bits per heavy atom. The predicted molar refractivity (Wildman–Crippen MR) is 219 cm³/mol. The van der Waals surface area contributed by atoms with E-state index in [2.05, 4.69) is 168 Å². The number of hydrogen-bond donors (Lipinski definition) is 0. The lowest BCUT2D eigenvalue weighted by Gasteiger charge is -2.52. The van der Waals surface area contributed by atoms with Crippen molar-refractivity contribution in [1.82, 2.24) is 4.57 Å². The maximum Gasteiger partial charge on any atom is 0.252 e. The highest BCUT2D eigenvalue weighted by Gasteiger charge is 2.61. The number of nitrogens with zero attached hydrogens (tertiary/aromatic N) is 2. The molecule has 1 saturated carbocycles. The number of hydrogen-bond acceptors (Lipinski definition) is 1. The second-order valence-corrected chi connectivity index (χ2v) is 18.5. The average molecular weight is 665 g/mol. The van der Waals surface area contributed by atoms with Gasteiger partial charge in [0.15, 0.2) is 0 Å². The van der Waals surface area contributed by atoms with E-state index in [4.69, 9.17) is 0 Å². The third-order valence-electron chi connectivity index (χ3n) is 13.6. The number of anilines is 2. The van der Waals surface area contributed by atoms with Gasteiger partial charge in [0.05, 0.1) is 11.2 Å². The maximum absolute atomic E-state index is 2.86. The van der Waals surface area contributed by atoms with Gasteiger partial charge in [0.1, 0.15) is 0 Å². The van der Waals surface area contributed by atoms with E-state index in [0.29, 0.717) is 0 Å². The van der Waals surface area contributed by atoms with Gasteiger partial charge in [-0.05, 0) is 93.0 Å². The molecule has 51 heavy (non-hydrogen) atoms. The number of fused-ring (bicyclic) bond motifs is 7. The molecule has 1 fully saturated rings. The Kier molecular flexibility index (Phi) is 6.19. The molecule has 0 spiro atoms. The molecule has 4 heterocycles. The average Bonchev–Trinajstić information content (AvgIpc) is 3.56. The van der Waals surface area contributed by atoms with Crippen molar-refractivity contribution in [3.8, 4) is 28.1 Å². The van der Waals surface area contributed by atoms with Gasteiger partial charge in [-0.25, -0.2) is 0 Å². The van der Waals surface area contributed by atoms with Crippen LogP contribution in [0.25, 0.3) is 39.0 Å². The first-order valence-corrected chi connectivity index (χ1v) is 19.3. The Balaban J connectivity index is 1.43. The molecule has 6 aromatic rings. The van der Waals surface area contributed by atoms with Gasteiger partial charge in [0.2, 0.25) is 0 Å². The Bertz CT molecular complexity index is 2420. The quantitative estimate of drug-likeness (QED) is 0.167. The molecule has 0 saturated heterocycles. The minimum Gasteiger partial charge on any atom is -0.335 e. The summed E-state index contributed by atoms with van der Waals surface area (Å²) in [4.78, 5) is 2.86. The van der Waals surface area contributed by atoms with Crippen molar-refractivity contribution in [2.75, 3.05) is 4.90 Å². The van der Waals surface area contributed by atoms with Gasteiger partial charge in [-0.15, -0.1) is 0 Å². The summed E-state index contributed by atoms with van der Waals surface area (Å²) in [7, 11) is 0. The Hall–Kier alpha value is -4.50. The largest absolute Gasteiger partial charge is 0.335 e. The van der Waals surface area contributed by atoms with Crippen LogP contribution in [0.1, 0.15) is 97.8 Å². The van der Waals surface area contributed by atoms with Crippen LogP contribution in [-0.2, 0) is 16.2 Å². The fourth-order valence-corrected chi connectivity index (χ4v) is 10.7. The fraction of sp³-hybridized carbons (Fsp3) is 0.333. The molecule has 0 amide bonds. The third-order valence-corrected chi connectivity index (χ3v) is 13.6. The lowest BCUT2D eigenvalue weighted by molar-refractivity contribution is 0.195. The van der Waals surface area contributed by atoms with Crippen LogP contribution in [0.5, 0.6) is 0 Å². The molecule has 5 aromatic carbocycles. The van der Waals surface area contributed by atoms with Crippen LogP contribution < -0.4 is 21.3 Å². The van der Waals surface area contributed by atoms with E-state index in [9.17, 15) is 0 Å². The highest BCUT2D eigenvalue weighted by Crippen LogP contribution is 2.62. The summed E-state index contributed by atoms with van der Waals surface area (Å²) in [6.07, 6.45) is 5.03. The van der Waals surface area contributed by atoms with E-state index in [1.54, 1.807) is 5.56 Å². The van der Waals surface area contributed by atoms with Crippen LogP contribution in [0, 0.1) is 0 Å². The molecular formula is C48H49BN2. The van der Waals surface area contributed by atoms with Crippen molar-refractivity contribution in [3.63, 3.8) is 0 Å². The molecule has 10 rings (SSSR count). The maximum atomic E-state index is 2.86. The fourth-order valence-electron chi connectivity index (χ4n) is 10.7. The monoisotopic (exact) mass is 664 g/mol. The van der Waals surface area contributed by atoms with E-state index in [1.165, 1.54) is 104 Å². The summed E-state index contributed by atoms with van der Waals surface area (Å²) in [6, 6.07) is 39.9. The lowest BCUT2D eigenvalue weighted by Crippen LogP contribution is -2.64. The Morgan fingerprint density at radius 3 is 1.92 bits per heavy atom. The summed E-state index contributed by atoms with van der Waals surface area (Å²) in [5.41, 5.74) is 19.8.